The zero-order valence-electron chi connectivity index (χ0n) is 12.1. The molecule has 0 saturated carbocycles. The topological polar surface area (TPSA) is 32.3 Å². The SMILES string of the molecule is CN(Cc1ccc(F)cc1F)C(=O)CSC1CCNCC1. The van der Waals surface area contributed by atoms with E-state index in [4.69, 9.17) is 0 Å². The van der Waals surface area contributed by atoms with Gasteiger partial charge in [0.15, 0.2) is 0 Å². The van der Waals surface area contributed by atoms with E-state index in [1.165, 1.54) is 17.0 Å². The third kappa shape index (κ3) is 4.97. The highest BCUT2D eigenvalue weighted by Crippen LogP contribution is 2.20. The molecule has 1 aromatic carbocycles. The minimum absolute atomic E-state index is 0.0257. The molecule has 1 fully saturated rings. The quantitative estimate of drug-likeness (QED) is 0.906. The van der Waals surface area contributed by atoms with Crippen LogP contribution in [0.2, 0.25) is 0 Å². The number of hydrogen-bond acceptors (Lipinski definition) is 3. The van der Waals surface area contributed by atoms with Crippen molar-refractivity contribution in [1.29, 1.82) is 0 Å². The maximum atomic E-state index is 13.6. The third-order valence-electron chi connectivity index (χ3n) is 3.58. The predicted molar refractivity (Wildman–Crippen MR) is 81.2 cm³/mol. The second kappa shape index (κ2) is 7.75. The first-order chi connectivity index (χ1) is 10.1. The minimum Gasteiger partial charge on any atom is -0.341 e. The molecule has 1 amide bonds. The van der Waals surface area contributed by atoms with Crippen molar-refractivity contribution in [3.63, 3.8) is 0 Å². The molecule has 2 rings (SSSR count). The first-order valence-corrected chi connectivity index (χ1v) is 8.11. The molecule has 0 aliphatic carbocycles. The molecular formula is C15H20F2N2OS. The first kappa shape index (κ1) is 16.2. The van der Waals surface area contributed by atoms with Gasteiger partial charge < -0.3 is 10.2 Å². The Morgan fingerprint density at radius 3 is 2.76 bits per heavy atom. The van der Waals surface area contributed by atoms with Gasteiger partial charge in [0, 0.05) is 30.5 Å². The standard InChI is InChI=1S/C15H20F2N2OS/c1-19(9-11-2-3-12(16)8-14(11)17)15(20)10-21-13-4-6-18-7-5-13/h2-3,8,13,18H,4-7,9-10H2,1H3. The van der Waals surface area contributed by atoms with Gasteiger partial charge in [0.25, 0.3) is 0 Å². The molecule has 1 aliphatic heterocycles. The highest BCUT2D eigenvalue weighted by Gasteiger charge is 2.17. The summed E-state index contributed by atoms with van der Waals surface area (Å²) in [6.07, 6.45) is 2.16. The molecule has 1 N–H and O–H groups in total. The van der Waals surface area contributed by atoms with Crippen LogP contribution in [0.4, 0.5) is 8.78 Å². The number of piperidine rings is 1. The summed E-state index contributed by atoms with van der Waals surface area (Å²) in [4.78, 5) is 13.6. The molecule has 0 bridgehead atoms. The summed E-state index contributed by atoms with van der Waals surface area (Å²) >= 11 is 1.67. The number of benzene rings is 1. The molecule has 116 valence electrons. The molecule has 0 unspecified atom stereocenters. The van der Waals surface area contributed by atoms with Crippen LogP contribution in [-0.4, -0.2) is 41.9 Å². The lowest BCUT2D eigenvalue weighted by Gasteiger charge is -2.23. The number of amides is 1. The van der Waals surface area contributed by atoms with E-state index in [0.29, 0.717) is 16.6 Å². The van der Waals surface area contributed by atoms with Gasteiger partial charge in [-0.1, -0.05) is 6.07 Å². The van der Waals surface area contributed by atoms with Gasteiger partial charge in [0.2, 0.25) is 5.91 Å². The lowest BCUT2D eigenvalue weighted by atomic mass is 10.2. The zero-order chi connectivity index (χ0) is 15.2. The van der Waals surface area contributed by atoms with E-state index in [2.05, 4.69) is 5.32 Å². The Labute approximate surface area is 128 Å². The summed E-state index contributed by atoms with van der Waals surface area (Å²) in [5.41, 5.74) is 0.333. The predicted octanol–water partition coefficient (Wildman–Crippen LogP) is 2.41. The van der Waals surface area contributed by atoms with E-state index < -0.39 is 11.6 Å². The normalized spacial score (nSPS) is 16.0. The van der Waals surface area contributed by atoms with Crippen LogP contribution >= 0.6 is 11.8 Å². The molecule has 0 atom stereocenters. The highest BCUT2D eigenvalue weighted by molar-refractivity contribution is 8.00. The van der Waals surface area contributed by atoms with Crippen LogP contribution in [0, 0.1) is 11.6 Å². The Morgan fingerprint density at radius 2 is 2.10 bits per heavy atom. The van der Waals surface area contributed by atoms with E-state index >= 15 is 0 Å². The number of thioether (sulfide) groups is 1. The van der Waals surface area contributed by atoms with Gasteiger partial charge in [-0.25, -0.2) is 8.78 Å². The van der Waals surface area contributed by atoms with Gasteiger partial charge >= 0.3 is 0 Å². The Kier molecular flexibility index (Phi) is 5.99. The van der Waals surface area contributed by atoms with E-state index in [-0.39, 0.29) is 12.5 Å². The number of rotatable bonds is 5. The van der Waals surface area contributed by atoms with Gasteiger partial charge in [-0.05, 0) is 32.0 Å². The van der Waals surface area contributed by atoms with Crippen LogP contribution in [-0.2, 0) is 11.3 Å². The van der Waals surface area contributed by atoms with Crippen LogP contribution in [0.5, 0.6) is 0 Å². The Bertz CT molecular complexity index is 493. The summed E-state index contributed by atoms with van der Waals surface area (Å²) in [5, 5.41) is 3.81. The van der Waals surface area contributed by atoms with Crippen molar-refractivity contribution in [3.8, 4) is 0 Å². The van der Waals surface area contributed by atoms with Gasteiger partial charge in [-0.3, -0.25) is 4.79 Å². The molecule has 0 aromatic heterocycles. The maximum absolute atomic E-state index is 13.6. The minimum atomic E-state index is -0.611. The van der Waals surface area contributed by atoms with Crippen molar-refractivity contribution in [2.75, 3.05) is 25.9 Å². The molecule has 1 heterocycles. The fraction of sp³-hybridized carbons (Fsp3) is 0.533. The average Bonchev–Trinajstić information content (AvgIpc) is 2.48. The fourth-order valence-corrected chi connectivity index (χ4v) is 3.42. The molecule has 1 saturated heterocycles. The summed E-state index contributed by atoms with van der Waals surface area (Å²) in [6.45, 7) is 2.17. The van der Waals surface area contributed by atoms with Crippen molar-refractivity contribution in [1.82, 2.24) is 10.2 Å². The fourth-order valence-electron chi connectivity index (χ4n) is 2.26. The largest absolute Gasteiger partial charge is 0.341 e. The number of nitrogens with one attached hydrogen (secondary N) is 1. The van der Waals surface area contributed by atoms with E-state index in [1.807, 2.05) is 0 Å². The Morgan fingerprint density at radius 1 is 1.38 bits per heavy atom. The zero-order valence-corrected chi connectivity index (χ0v) is 12.9. The average molecular weight is 314 g/mol. The summed E-state index contributed by atoms with van der Waals surface area (Å²) in [7, 11) is 1.65. The van der Waals surface area contributed by atoms with E-state index in [0.717, 1.165) is 32.0 Å². The van der Waals surface area contributed by atoms with E-state index in [9.17, 15) is 13.6 Å². The summed E-state index contributed by atoms with van der Waals surface area (Å²) in [6, 6.07) is 3.44. The molecular weight excluding hydrogens is 294 g/mol. The second-order valence-electron chi connectivity index (χ2n) is 5.25. The molecule has 21 heavy (non-hydrogen) atoms. The Balaban J connectivity index is 1.81. The third-order valence-corrected chi connectivity index (χ3v) is 4.93. The molecule has 0 spiro atoms. The smallest absolute Gasteiger partial charge is 0.232 e. The first-order valence-electron chi connectivity index (χ1n) is 7.06. The van der Waals surface area contributed by atoms with Crippen LogP contribution in [0.25, 0.3) is 0 Å². The van der Waals surface area contributed by atoms with Crippen molar-refractivity contribution >= 4 is 17.7 Å². The van der Waals surface area contributed by atoms with Crippen molar-refractivity contribution < 1.29 is 13.6 Å². The molecule has 1 aliphatic rings. The van der Waals surface area contributed by atoms with Gasteiger partial charge in [-0.2, -0.15) is 0 Å². The highest BCUT2D eigenvalue weighted by atomic mass is 32.2. The van der Waals surface area contributed by atoms with Crippen LogP contribution in [0.15, 0.2) is 18.2 Å². The summed E-state index contributed by atoms with van der Waals surface area (Å²) in [5.74, 6) is -0.834. The number of carbonyl (C=O) groups excluding carboxylic acids is 1. The van der Waals surface area contributed by atoms with Crippen LogP contribution in [0.3, 0.4) is 0 Å². The molecule has 3 nitrogen and oxygen atoms in total. The van der Waals surface area contributed by atoms with E-state index in [1.54, 1.807) is 18.8 Å². The molecule has 1 aromatic rings. The number of nitrogens with zero attached hydrogens (tertiary/aromatic N) is 1. The number of halogens is 2. The Hall–Kier alpha value is -1.14. The van der Waals surface area contributed by atoms with Crippen LogP contribution < -0.4 is 5.32 Å². The van der Waals surface area contributed by atoms with Gasteiger partial charge in [0.05, 0.1) is 5.75 Å². The van der Waals surface area contributed by atoms with Gasteiger partial charge in [-0.15, -0.1) is 11.8 Å². The lowest BCUT2D eigenvalue weighted by Crippen LogP contribution is -2.32. The maximum Gasteiger partial charge on any atom is 0.232 e. The van der Waals surface area contributed by atoms with Crippen molar-refractivity contribution in [2.24, 2.45) is 0 Å². The molecule has 6 heteroatoms. The number of hydrogen-bond donors (Lipinski definition) is 1. The van der Waals surface area contributed by atoms with Gasteiger partial charge in [0.1, 0.15) is 11.6 Å². The monoisotopic (exact) mass is 314 g/mol. The molecule has 0 radical (unpaired) electrons. The van der Waals surface area contributed by atoms with Crippen molar-refractivity contribution in [2.45, 2.75) is 24.6 Å². The second-order valence-corrected chi connectivity index (χ2v) is 6.53. The lowest BCUT2D eigenvalue weighted by molar-refractivity contribution is -0.127. The van der Waals surface area contributed by atoms with Crippen molar-refractivity contribution in [3.05, 3.63) is 35.4 Å². The van der Waals surface area contributed by atoms with Crippen LogP contribution in [0.1, 0.15) is 18.4 Å². The summed E-state index contributed by atoms with van der Waals surface area (Å²) < 4.78 is 26.4. The number of carbonyl (C=O) groups is 1.